The molecule has 2 aliphatic heterocycles. The number of fused-ring (bicyclic) bond motifs is 1. The molecule has 0 radical (unpaired) electrons. The molecule has 4 nitrogen and oxygen atoms in total. The molecule has 1 aromatic heterocycles. The number of nitrogens with one attached hydrogen (secondary N) is 1. The van der Waals surface area contributed by atoms with Crippen LogP contribution in [0, 0.1) is 5.41 Å². The van der Waals surface area contributed by atoms with Gasteiger partial charge in [-0.25, -0.2) is 9.97 Å². The molecule has 1 spiro atoms. The maximum absolute atomic E-state index is 13.0. The Morgan fingerprint density at radius 1 is 1.17 bits per heavy atom. The number of hydrogen-bond donors (Lipinski definition) is 1. The molecule has 0 saturated carbocycles. The van der Waals surface area contributed by atoms with Crippen LogP contribution in [-0.2, 0) is 6.42 Å². The Morgan fingerprint density at radius 2 is 1.92 bits per heavy atom. The number of piperidine rings is 1. The van der Waals surface area contributed by atoms with Crippen molar-refractivity contribution in [1.82, 2.24) is 15.3 Å². The molecule has 24 heavy (non-hydrogen) atoms. The van der Waals surface area contributed by atoms with Crippen LogP contribution in [0.25, 0.3) is 10.9 Å². The van der Waals surface area contributed by atoms with Crippen LogP contribution in [0.5, 0.6) is 0 Å². The standard InChI is InChI=1S/C17H19F3N4/c18-17(19,20)7-12-5-13-8-21-11-23-14(13)6-15(12)24-3-1-16(2-4-24)9-22-10-16/h5-6,8,11,22H,1-4,7,9-10H2. The van der Waals surface area contributed by atoms with Crippen molar-refractivity contribution in [3.05, 3.63) is 30.2 Å². The number of halogens is 3. The van der Waals surface area contributed by atoms with E-state index in [0.29, 0.717) is 27.6 Å². The van der Waals surface area contributed by atoms with Gasteiger partial charge in [-0.05, 0) is 36.0 Å². The maximum atomic E-state index is 13.0. The van der Waals surface area contributed by atoms with Crippen molar-refractivity contribution < 1.29 is 13.2 Å². The topological polar surface area (TPSA) is 41.1 Å². The fraction of sp³-hybridized carbons (Fsp3) is 0.529. The summed E-state index contributed by atoms with van der Waals surface area (Å²) in [5.74, 6) is 0. The van der Waals surface area contributed by atoms with Crippen LogP contribution in [0.3, 0.4) is 0 Å². The highest BCUT2D eigenvalue weighted by molar-refractivity contribution is 5.83. The number of hydrogen-bond acceptors (Lipinski definition) is 4. The van der Waals surface area contributed by atoms with Gasteiger partial charge in [-0.3, -0.25) is 0 Å². The molecular weight excluding hydrogens is 317 g/mol. The van der Waals surface area contributed by atoms with Crippen molar-refractivity contribution in [2.45, 2.75) is 25.4 Å². The van der Waals surface area contributed by atoms with Gasteiger partial charge in [0.15, 0.2) is 0 Å². The van der Waals surface area contributed by atoms with Gasteiger partial charge in [-0.15, -0.1) is 0 Å². The van der Waals surface area contributed by atoms with Crippen molar-refractivity contribution in [1.29, 1.82) is 0 Å². The first kappa shape index (κ1) is 15.6. The van der Waals surface area contributed by atoms with Gasteiger partial charge in [-0.1, -0.05) is 0 Å². The van der Waals surface area contributed by atoms with Gasteiger partial charge in [0.25, 0.3) is 0 Å². The normalized spacial score (nSPS) is 20.4. The minimum absolute atomic E-state index is 0.312. The number of aromatic nitrogens is 2. The molecule has 2 aromatic rings. The van der Waals surface area contributed by atoms with E-state index in [1.807, 2.05) is 0 Å². The lowest BCUT2D eigenvalue weighted by Gasteiger charge is -2.49. The van der Waals surface area contributed by atoms with Crippen molar-refractivity contribution in [2.24, 2.45) is 5.41 Å². The number of benzene rings is 1. The molecule has 0 atom stereocenters. The summed E-state index contributed by atoms with van der Waals surface area (Å²) >= 11 is 0. The summed E-state index contributed by atoms with van der Waals surface area (Å²) in [4.78, 5) is 10.2. The molecule has 0 unspecified atom stereocenters. The highest BCUT2D eigenvalue weighted by Crippen LogP contribution is 2.39. The van der Waals surface area contributed by atoms with E-state index in [0.717, 1.165) is 39.0 Å². The average Bonchev–Trinajstić information content (AvgIpc) is 2.51. The minimum atomic E-state index is -4.23. The van der Waals surface area contributed by atoms with E-state index in [1.54, 1.807) is 18.3 Å². The van der Waals surface area contributed by atoms with Crippen LogP contribution in [0.1, 0.15) is 18.4 Å². The lowest BCUT2D eigenvalue weighted by atomic mass is 9.73. The Morgan fingerprint density at radius 3 is 2.54 bits per heavy atom. The van der Waals surface area contributed by atoms with E-state index in [2.05, 4.69) is 20.2 Å². The Balaban J connectivity index is 1.68. The molecule has 0 bridgehead atoms. The molecule has 2 saturated heterocycles. The quantitative estimate of drug-likeness (QED) is 0.916. The van der Waals surface area contributed by atoms with Gasteiger partial charge in [-0.2, -0.15) is 13.2 Å². The van der Waals surface area contributed by atoms with E-state index in [1.165, 1.54) is 6.33 Å². The lowest BCUT2D eigenvalue weighted by Crippen LogP contribution is -2.58. The average molecular weight is 336 g/mol. The highest BCUT2D eigenvalue weighted by Gasteiger charge is 2.40. The molecule has 2 aliphatic rings. The molecular formula is C17H19F3N4. The third kappa shape index (κ3) is 2.92. The van der Waals surface area contributed by atoms with Crippen molar-refractivity contribution in [2.75, 3.05) is 31.1 Å². The Bertz CT molecular complexity index is 745. The largest absolute Gasteiger partial charge is 0.393 e. The molecule has 128 valence electrons. The summed E-state index contributed by atoms with van der Waals surface area (Å²) in [5, 5.41) is 3.96. The number of rotatable bonds is 2. The second kappa shape index (κ2) is 5.58. The van der Waals surface area contributed by atoms with E-state index in [9.17, 15) is 13.2 Å². The van der Waals surface area contributed by atoms with Crippen LogP contribution in [0.2, 0.25) is 0 Å². The fourth-order valence-corrected chi connectivity index (χ4v) is 3.77. The fourth-order valence-electron chi connectivity index (χ4n) is 3.77. The first-order valence-electron chi connectivity index (χ1n) is 8.19. The van der Waals surface area contributed by atoms with Gasteiger partial charge in [0, 0.05) is 43.4 Å². The SMILES string of the molecule is FC(F)(F)Cc1cc2cncnc2cc1N1CCC2(CC1)CNC2. The predicted octanol–water partition coefficient (Wildman–Crippen LogP) is 2.92. The summed E-state index contributed by atoms with van der Waals surface area (Å²) in [6.07, 6.45) is -0.109. The van der Waals surface area contributed by atoms with Gasteiger partial charge in [0.2, 0.25) is 0 Å². The number of anilines is 1. The van der Waals surface area contributed by atoms with Crippen LogP contribution in [-0.4, -0.2) is 42.3 Å². The molecule has 4 rings (SSSR count). The zero-order chi connectivity index (χ0) is 16.8. The first-order valence-corrected chi connectivity index (χ1v) is 8.19. The summed E-state index contributed by atoms with van der Waals surface area (Å²) in [6, 6.07) is 3.38. The molecule has 2 fully saturated rings. The molecule has 7 heteroatoms. The number of nitrogens with zero attached hydrogens (tertiary/aromatic N) is 3. The Hall–Kier alpha value is -1.89. The first-order chi connectivity index (χ1) is 11.4. The molecule has 1 aromatic carbocycles. The molecule has 1 N–H and O–H groups in total. The number of alkyl halides is 3. The summed E-state index contributed by atoms with van der Waals surface area (Å²) in [5.41, 5.74) is 2.03. The summed E-state index contributed by atoms with van der Waals surface area (Å²) in [6.45, 7) is 3.65. The van der Waals surface area contributed by atoms with Gasteiger partial charge < -0.3 is 10.2 Å². The second-order valence-electron chi connectivity index (χ2n) is 6.95. The van der Waals surface area contributed by atoms with Crippen LogP contribution < -0.4 is 10.2 Å². The van der Waals surface area contributed by atoms with Crippen molar-refractivity contribution >= 4 is 16.6 Å². The van der Waals surface area contributed by atoms with Gasteiger partial charge >= 0.3 is 6.18 Å². The Labute approximate surface area is 138 Å². The summed E-state index contributed by atoms with van der Waals surface area (Å²) < 4.78 is 39.1. The van der Waals surface area contributed by atoms with Crippen LogP contribution in [0.4, 0.5) is 18.9 Å². The predicted molar refractivity (Wildman–Crippen MR) is 86.0 cm³/mol. The molecule has 0 amide bonds. The zero-order valence-corrected chi connectivity index (χ0v) is 13.2. The highest BCUT2D eigenvalue weighted by atomic mass is 19.4. The summed E-state index contributed by atoms with van der Waals surface area (Å²) in [7, 11) is 0. The molecule has 3 heterocycles. The Kier molecular flexibility index (Phi) is 3.63. The van der Waals surface area contributed by atoms with E-state index in [4.69, 9.17) is 0 Å². The van der Waals surface area contributed by atoms with Crippen LogP contribution >= 0.6 is 0 Å². The lowest BCUT2D eigenvalue weighted by molar-refractivity contribution is -0.127. The third-order valence-electron chi connectivity index (χ3n) is 5.26. The third-order valence-corrected chi connectivity index (χ3v) is 5.26. The van der Waals surface area contributed by atoms with Crippen molar-refractivity contribution in [3.8, 4) is 0 Å². The van der Waals surface area contributed by atoms with Crippen molar-refractivity contribution in [3.63, 3.8) is 0 Å². The van der Waals surface area contributed by atoms with E-state index >= 15 is 0 Å². The smallest absolute Gasteiger partial charge is 0.371 e. The van der Waals surface area contributed by atoms with E-state index < -0.39 is 12.6 Å². The molecule has 0 aliphatic carbocycles. The zero-order valence-electron chi connectivity index (χ0n) is 13.2. The van der Waals surface area contributed by atoms with Gasteiger partial charge in [0.1, 0.15) is 6.33 Å². The maximum Gasteiger partial charge on any atom is 0.393 e. The van der Waals surface area contributed by atoms with Gasteiger partial charge in [0.05, 0.1) is 11.9 Å². The second-order valence-corrected chi connectivity index (χ2v) is 6.95. The monoisotopic (exact) mass is 336 g/mol. The van der Waals surface area contributed by atoms with E-state index in [-0.39, 0.29) is 0 Å². The minimum Gasteiger partial charge on any atom is -0.371 e. The van der Waals surface area contributed by atoms with Crippen LogP contribution in [0.15, 0.2) is 24.7 Å².